The van der Waals surface area contributed by atoms with Crippen LogP contribution in [0.15, 0.2) is 61.3 Å². The van der Waals surface area contributed by atoms with E-state index in [0.717, 1.165) is 36.1 Å². The number of fused-ring (bicyclic) bond motifs is 1. The van der Waals surface area contributed by atoms with Gasteiger partial charge in [0.1, 0.15) is 5.25 Å². The minimum atomic E-state index is -4.17. The second-order valence-electron chi connectivity index (χ2n) is 7.77. The zero-order chi connectivity index (χ0) is 22.9. The highest BCUT2D eigenvalue weighted by Crippen LogP contribution is 2.39. The molecule has 170 valence electrons. The van der Waals surface area contributed by atoms with Crippen molar-refractivity contribution in [3.63, 3.8) is 0 Å². The van der Waals surface area contributed by atoms with Crippen molar-refractivity contribution in [1.82, 2.24) is 9.29 Å². The summed E-state index contributed by atoms with van der Waals surface area (Å²) in [4.78, 5) is 0. The number of hydrogen-bond donors (Lipinski definition) is 2. The van der Waals surface area contributed by atoms with Crippen LogP contribution in [-0.4, -0.2) is 31.5 Å². The summed E-state index contributed by atoms with van der Waals surface area (Å²) >= 11 is 6.24. The van der Waals surface area contributed by atoms with Gasteiger partial charge in [0.25, 0.3) is 6.43 Å². The number of aromatic nitrogens is 1. The first-order valence-corrected chi connectivity index (χ1v) is 12.2. The van der Waals surface area contributed by atoms with Gasteiger partial charge >= 0.3 is 0 Å². The first kappa shape index (κ1) is 22.8. The maximum atomic E-state index is 14.0. The number of anilines is 1. The number of benzene rings is 2. The van der Waals surface area contributed by atoms with Crippen molar-refractivity contribution in [2.75, 3.05) is 18.4 Å². The Morgan fingerprint density at radius 3 is 2.50 bits per heavy atom. The van der Waals surface area contributed by atoms with Gasteiger partial charge in [0.05, 0.1) is 5.52 Å². The van der Waals surface area contributed by atoms with Crippen LogP contribution in [0.2, 0.25) is 5.02 Å². The molecule has 0 amide bonds. The van der Waals surface area contributed by atoms with Gasteiger partial charge in [-0.2, -0.15) is 0 Å². The molecular formula is C23H24ClF2N3O2S. The summed E-state index contributed by atoms with van der Waals surface area (Å²) in [7, 11) is -4.17. The fraction of sp³-hybridized carbons (Fsp3) is 0.304. The van der Waals surface area contributed by atoms with Gasteiger partial charge in [-0.25, -0.2) is 21.2 Å². The number of hydrogen-bond acceptors (Lipinski definition) is 4. The third-order valence-electron chi connectivity index (χ3n) is 5.78. The minimum absolute atomic E-state index is 0.122. The van der Waals surface area contributed by atoms with E-state index < -0.39 is 21.7 Å². The van der Waals surface area contributed by atoms with Gasteiger partial charge in [-0.15, -0.1) is 6.58 Å². The van der Waals surface area contributed by atoms with E-state index in [4.69, 9.17) is 11.6 Å². The van der Waals surface area contributed by atoms with Gasteiger partial charge < -0.3 is 10.6 Å². The lowest BCUT2D eigenvalue weighted by atomic mass is 10.0. The second-order valence-corrected chi connectivity index (χ2v) is 10.1. The highest BCUT2D eigenvalue weighted by molar-refractivity contribution is 7.90. The Hall–Kier alpha value is -2.42. The maximum absolute atomic E-state index is 14.0. The molecule has 1 saturated heterocycles. The molecule has 2 N–H and O–H groups in total. The molecule has 1 atom stereocenters. The molecule has 1 aromatic heterocycles. The van der Waals surface area contributed by atoms with Crippen LogP contribution in [-0.2, 0) is 10.0 Å². The third-order valence-corrected chi connectivity index (χ3v) is 8.06. The molecule has 2 aromatic carbocycles. The van der Waals surface area contributed by atoms with Crippen LogP contribution in [0.3, 0.4) is 0 Å². The van der Waals surface area contributed by atoms with Gasteiger partial charge in [-0.1, -0.05) is 41.9 Å². The summed E-state index contributed by atoms with van der Waals surface area (Å²) < 4.78 is 56.3. The van der Waals surface area contributed by atoms with Crippen LogP contribution < -0.4 is 10.6 Å². The molecular weight excluding hydrogens is 456 g/mol. The largest absolute Gasteiger partial charge is 0.382 e. The predicted molar refractivity (Wildman–Crippen MR) is 125 cm³/mol. The van der Waals surface area contributed by atoms with Crippen LogP contribution in [0, 0.1) is 0 Å². The van der Waals surface area contributed by atoms with E-state index in [1.165, 1.54) is 6.08 Å². The van der Waals surface area contributed by atoms with Crippen LogP contribution in [0.4, 0.5) is 14.5 Å². The smallest absolute Gasteiger partial charge is 0.266 e. The van der Waals surface area contributed by atoms with E-state index in [2.05, 4.69) is 17.2 Å². The molecule has 0 spiro atoms. The lowest BCUT2D eigenvalue weighted by Gasteiger charge is -2.25. The minimum Gasteiger partial charge on any atom is -0.382 e. The van der Waals surface area contributed by atoms with E-state index >= 15 is 0 Å². The number of piperidine rings is 1. The van der Waals surface area contributed by atoms with E-state index in [0.29, 0.717) is 11.3 Å². The van der Waals surface area contributed by atoms with Crippen molar-refractivity contribution >= 4 is 38.2 Å². The average Bonchev–Trinajstić information content (AvgIpc) is 3.18. The fourth-order valence-electron chi connectivity index (χ4n) is 4.21. The van der Waals surface area contributed by atoms with Crippen LogP contribution in [0.1, 0.15) is 35.6 Å². The number of nitrogens with one attached hydrogen (secondary N) is 2. The number of rotatable bonds is 7. The lowest BCUT2D eigenvalue weighted by Crippen LogP contribution is -2.35. The van der Waals surface area contributed by atoms with Crippen molar-refractivity contribution in [1.29, 1.82) is 0 Å². The second kappa shape index (κ2) is 9.21. The molecule has 4 rings (SSSR count). The van der Waals surface area contributed by atoms with Crippen molar-refractivity contribution in [3.8, 4) is 0 Å². The molecule has 1 aliphatic heterocycles. The molecule has 0 radical (unpaired) electrons. The molecule has 1 fully saturated rings. The Balaban J connectivity index is 1.86. The molecule has 0 bridgehead atoms. The number of nitrogens with zero attached hydrogens (tertiary/aromatic N) is 1. The Morgan fingerprint density at radius 1 is 1.12 bits per heavy atom. The summed E-state index contributed by atoms with van der Waals surface area (Å²) in [5, 5.41) is 5.89. The van der Waals surface area contributed by atoms with Crippen molar-refractivity contribution in [3.05, 3.63) is 77.5 Å². The van der Waals surface area contributed by atoms with Gasteiger partial charge in [0.15, 0.2) is 0 Å². The Kier molecular flexibility index (Phi) is 6.55. The zero-order valence-electron chi connectivity index (χ0n) is 17.3. The Morgan fingerprint density at radius 2 is 1.84 bits per heavy atom. The predicted octanol–water partition coefficient (Wildman–Crippen LogP) is 5.50. The Labute approximate surface area is 191 Å². The summed E-state index contributed by atoms with van der Waals surface area (Å²) in [6, 6.07) is 11.6. The number of halogens is 3. The van der Waals surface area contributed by atoms with E-state index in [1.807, 2.05) is 0 Å². The molecule has 32 heavy (non-hydrogen) atoms. The normalized spacial score (nSPS) is 16.4. The van der Waals surface area contributed by atoms with Gasteiger partial charge in [0, 0.05) is 33.9 Å². The summed E-state index contributed by atoms with van der Waals surface area (Å²) in [6.07, 6.45) is 1.15. The zero-order valence-corrected chi connectivity index (χ0v) is 18.8. The fourth-order valence-corrected chi connectivity index (χ4v) is 6.23. The summed E-state index contributed by atoms with van der Waals surface area (Å²) in [6.45, 7) is 5.34. The quantitative estimate of drug-likeness (QED) is 0.439. The molecule has 0 aliphatic carbocycles. The highest BCUT2D eigenvalue weighted by Gasteiger charge is 2.32. The van der Waals surface area contributed by atoms with Crippen molar-refractivity contribution in [2.45, 2.75) is 30.6 Å². The first-order chi connectivity index (χ1) is 15.3. The molecule has 3 aromatic rings. The van der Waals surface area contributed by atoms with E-state index in [-0.39, 0.29) is 27.5 Å². The lowest BCUT2D eigenvalue weighted by molar-refractivity contribution is 0.153. The van der Waals surface area contributed by atoms with Crippen LogP contribution in [0.5, 0.6) is 0 Å². The maximum Gasteiger partial charge on any atom is 0.266 e. The van der Waals surface area contributed by atoms with E-state index in [1.54, 1.807) is 42.5 Å². The van der Waals surface area contributed by atoms with Crippen LogP contribution >= 0.6 is 11.6 Å². The van der Waals surface area contributed by atoms with E-state index in [9.17, 15) is 17.2 Å². The molecule has 0 saturated carbocycles. The monoisotopic (exact) mass is 479 g/mol. The molecule has 5 nitrogen and oxygen atoms in total. The molecule has 1 unspecified atom stereocenters. The molecule has 1 aliphatic rings. The van der Waals surface area contributed by atoms with Crippen molar-refractivity contribution < 1.29 is 17.2 Å². The Bertz CT molecular complexity index is 1240. The standard InChI is InChI=1S/C23H24ClF2N3O2S/c1-2-21(16-6-3-4-7-18(16)24)32(30,31)29-14-17(23(25)26)22-19(8-5-9-20(22)29)28-15-10-12-27-13-11-15/h2-9,14-15,21,23,27-28H,1,10-13H2. The highest BCUT2D eigenvalue weighted by atomic mass is 35.5. The molecule has 9 heteroatoms. The summed E-state index contributed by atoms with van der Waals surface area (Å²) in [5.41, 5.74) is 0.709. The molecule has 2 heterocycles. The number of alkyl halides is 2. The SMILES string of the molecule is C=CC(c1ccccc1Cl)S(=O)(=O)n1cc(C(F)F)c2c(NC3CCNCC3)cccc21. The van der Waals surface area contributed by atoms with Gasteiger partial charge in [-0.3, -0.25) is 0 Å². The topological polar surface area (TPSA) is 63.1 Å². The van der Waals surface area contributed by atoms with Gasteiger partial charge in [-0.05, 0) is 49.7 Å². The third kappa shape index (κ3) is 4.14. The summed E-state index contributed by atoms with van der Waals surface area (Å²) in [5.74, 6) is 0. The first-order valence-electron chi connectivity index (χ1n) is 10.4. The van der Waals surface area contributed by atoms with Gasteiger partial charge in [0.2, 0.25) is 10.0 Å². The van der Waals surface area contributed by atoms with Crippen LogP contribution in [0.25, 0.3) is 10.9 Å². The van der Waals surface area contributed by atoms with Crippen molar-refractivity contribution in [2.24, 2.45) is 0 Å². The average molecular weight is 480 g/mol.